The van der Waals surface area contributed by atoms with Gasteiger partial charge in [-0.3, -0.25) is 14.6 Å². The molecular formula is C26H25Cl3N4O2. The average Bonchev–Trinajstić information content (AvgIpc) is 2.86. The molecule has 1 fully saturated rings. The van der Waals surface area contributed by atoms with E-state index in [0.29, 0.717) is 23.0 Å². The maximum absolute atomic E-state index is 12.8. The Morgan fingerprint density at radius 2 is 1.60 bits per heavy atom. The highest BCUT2D eigenvalue weighted by Gasteiger charge is 2.21. The normalized spacial score (nSPS) is 14.0. The lowest BCUT2D eigenvalue weighted by Gasteiger charge is -2.33. The van der Waals surface area contributed by atoms with Crippen molar-refractivity contribution in [1.82, 2.24) is 10.3 Å². The van der Waals surface area contributed by atoms with Gasteiger partial charge in [-0.1, -0.05) is 46.9 Å². The predicted octanol–water partition coefficient (Wildman–Crippen LogP) is 6.33. The minimum Gasteiger partial charge on any atom is -0.371 e. The van der Waals surface area contributed by atoms with Gasteiger partial charge in [0, 0.05) is 37.7 Å². The van der Waals surface area contributed by atoms with Crippen LogP contribution < -0.4 is 15.5 Å². The molecule has 0 bridgehead atoms. The molecule has 3 aromatic rings. The van der Waals surface area contributed by atoms with Crippen molar-refractivity contribution >= 4 is 58.0 Å². The van der Waals surface area contributed by atoms with Gasteiger partial charge in [-0.25, -0.2) is 0 Å². The van der Waals surface area contributed by atoms with Gasteiger partial charge in [-0.15, -0.1) is 0 Å². The summed E-state index contributed by atoms with van der Waals surface area (Å²) in [5.74, 6) is -0.196. The van der Waals surface area contributed by atoms with E-state index in [1.165, 1.54) is 17.8 Å². The Morgan fingerprint density at radius 1 is 0.886 bits per heavy atom. The van der Waals surface area contributed by atoms with Gasteiger partial charge >= 0.3 is 0 Å². The molecule has 1 aliphatic heterocycles. The first-order valence-corrected chi connectivity index (χ1v) is 12.5. The second-order valence-electron chi connectivity index (χ2n) is 8.43. The highest BCUT2D eigenvalue weighted by molar-refractivity contribution is 6.39. The quantitative estimate of drug-likeness (QED) is 0.374. The molecule has 35 heavy (non-hydrogen) atoms. The summed E-state index contributed by atoms with van der Waals surface area (Å²) in [6.45, 7) is 2.51. The number of amides is 2. The Bertz CT molecular complexity index is 1200. The van der Waals surface area contributed by atoms with Crippen LogP contribution in [0.25, 0.3) is 0 Å². The van der Waals surface area contributed by atoms with Crippen LogP contribution in [0.5, 0.6) is 0 Å². The lowest BCUT2D eigenvalue weighted by atomic mass is 9.93. The van der Waals surface area contributed by atoms with Crippen LogP contribution in [-0.4, -0.2) is 36.4 Å². The van der Waals surface area contributed by atoms with E-state index < -0.39 is 5.91 Å². The number of nitrogens with zero attached hydrogens (tertiary/aromatic N) is 2. The number of pyridine rings is 1. The van der Waals surface area contributed by atoms with Gasteiger partial charge in [-0.05, 0) is 61.6 Å². The van der Waals surface area contributed by atoms with Crippen molar-refractivity contribution in [2.45, 2.75) is 19.3 Å². The summed E-state index contributed by atoms with van der Waals surface area (Å²) in [5, 5.41) is 6.43. The van der Waals surface area contributed by atoms with Crippen LogP contribution in [0, 0.1) is 5.92 Å². The molecule has 1 aromatic heterocycles. The molecule has 0 saturated carbocycles. The van der Waals surface area contributed by atoms with E-state index in [1.54, 1.807) is 24.3 Å². The van der Waals surface area contributed by atoms with Crippen LogP contribution in [0.4, 0.5) is 11.4 Å². The molecule has 2 aromatic carbocycles. The zero-order valence-electron chi connectivity index (χ0n) is 18.9. The highest BCUT2D eigenvalue weighted by Crippen LogP contribution is 2.30. The van der Waals surface area contributed by atoms with Crippen molar-refractivity contribution in [3.05, 3.63) is 87.1 Å². The number of carbonyl (C=O) groups is 2. The van der Waals surface area contributed by atoms with Crippen LogP contribution in [0.15, 0.2) is 60.9 Å². The van der Waals surface area contributed by atoms with Crippen LogP contribution in [0.1, 0.15) is 40.0 Å². The fourth-order valence-corrected chi connectivity index (χ4v) is 4.91. The Hall–Kier alpha value is -2.80. The van der Waals surface area contributed by atoms with Gasteiger partial charge in [0.05, 0.1) is 31.9 Å². The molecular weight excluding hydrogens is 507 g/mol. The number of nitrogens with one attached hydrogen (secondary N) is 2. The highest BCUT2D eigenvalue weighted by atomic mass is 35.5. The van der Waals surface area contributed by atoms with Gasteiger partial charge in [0.25, 0.3) is 11.8 Å². The number of anilines is 2. The lowest BCUT2D eigenvalue weighted by Crippen LogP contribution is -2.35. The monoisotopic (exact) mass is 530 g/mol. The van der Waals surface area contributed by atoms with Crippen molar-refractivity contribution in [1.29, 1.82) is 0 Å². The van der Waals surface area contributed by atoms with Gasteiger partial charge in [0.2, 0.25) is 0 Å². The third-order valence-corrected chi connectivity index (χ3v) is 7.10. The summed E-state index contributed by atoms with van der Waals surface area (Å²) >= 11 is 18.7. The first-order valence-electron chi connectivity index (χ1n) is 11.4. The molecule has 182 valence electrons. The SMILES string of the molecule is O=C(NCCC1CCN(c2ccncc2)CC1)c1cc(NC(=O)c2ccccc2Cl)c(Cl)cc1Cl. The molecule has 2 amide bonds. The van der Waals surface area contributed by atoms with Crippen molar-refractivity contribution in [3.63, 3.8) is 0 Å². The van der Waals surface area contributed by atoms with E-state index in [9.17, 15) is 9.59 Å². The van der Waals surface area contributed by atoms with E-state index >= 15 is 0 Å². The van der Waals surface area contributed by atoms with Crippen molar-refractivity contribution in [3.8, 4) is 0 Å². The van der Waals surface area contributed by atoms with Crippen molar-refractivity contribution < 1.29 is 9.59 Å². The Balaban J connectivity index is 1.31. The summed E-state index contributed by atoms with van der Waals surface area (Å²) in [5.41, 5.74) is 2.04. The van der Waals surface area contributed by atoms with Gasteiger partial charge in [0.1, 0.15) is 0 Å². The average molecular weight is 532 g/mol. The molecule has 0 unspecified atom stereocenters. The topological polar surface area (TPSA) is 74.3 Å². The van der Waals surface area contributed by atoms with Crippen molar-refractivity contribution in [2.75, 3.05) is 29.9 Å². The number of halogens is 3. The standard InChI is InChI=1S/C26H25Cl3N4O2/c27-21-4-2-1-3-19(21)26(35)32-24-15-20(22(28)16-23(24)29)25(34)31-12-5-17-8-13-33(14-9-17)18-6-10-30-11-7-18/h1-4,6-7,10-11,15-17H,5,8-9,12-14H2,(H,31,34)(H,32,35). The second-order valence-corrected chi connectivity index (χ2v) is 9.65. The maximum atomic E-state index is 12.8. The number of rotatable bonds is 7. The first kappa shape index (κ1) is 25.3. The molecule has 4 rings (SSSR count). The summed E-state index contributed by atoms with van der Waals surface area (Å²) < 4.78 is 0. The maximum Gasteiger partial charge on any atom is 0.257 e. The molecule has 1 saturated heterocycles. The zero-order valence-corrected chi connectivity index (χ0v) is 21.2. The first-order chi connectivity index (χ1) is 16.9. The minimum atomic E-state index is -0.427. The molecule has 1 aliphatic rings. The van der Waals surface area contributed by atoms with Crippen molar-refractivity contribution in [2.24, 2.45) is 5.92 Å². The molecule has 2 heterocycles. The van der Waals surface area contributed by atoms with Gasteiger partial charge < -0.3 is 15.5 Å². The summed E-state index contributed by atoms with van der Waals surface area (Å²) in [6, 6.07) is 13.7. The van der Waals surface area contributed by atoms with Crippen LogP contribution in [-0.2, 0) is 0 Å². The Kier molecular flexibility index (Phi) is 8.50. The molecule has 0 radical (unpaired) electrons. The summed E-state index contributed by atoms with van der Waals surface area (Å²) in [6.07, 6.45) is 6.65. The lowest BCUT2D eigenvalue weighted by molar-refractivity contribution is 0.0949. The van der Waals surface area contributed by atoms with Crippen LogP contribution >= 0.6 is 34.8 Å². The molecule has 9 heteroatoms. The fourth-order valence-electron chi connectivity index (χ4n) is 4.17. The molecule has 0 atom stereocenters. The molecule has 0 spiro atoms. The number of hydrogen-bond donors (Lipinski definition) is 2. The summed E-state index contributed by atoms with van der Waals surface area (Å²) in [4.78, 5) is 31.9. The third-order valence-electron chi connectivity index (χ3n) is 6.15. The van der Waals surface area contributed by atoms with Gasteiger partial charge in [-0.2, -0.15) is 0 Å². The Labute approximate surface area is 219 Å². The smallest absolute Gasteiger partial charge is 0.257 e. The van der Waals surface area contributed by atoms with Crippen LogP contribution in [0.3, 0.4) is 0 Å². The van der Waals surface area contributed by atoms with Crippen LogP contribution in [0.2, 0.25) is 15.1 Å². The molecule has 0 aliphatic carbocycles. The summed E-state index contributed by atoms with van der Waals surface area (Å²) in [7, 11) is 0. The van der Waals surface area contributed by atoms with Gasteiger partial charge in [0.15, 0.2) is 0 Å². The van der Waals surface area contributed by atoms with E-state index in [1.807, 2.05) is 24.5 Å². The zero-order chi connectivity index (χ0) is 24.8. The Morgan fingerprint density at radius 3 is 2.31 bits per heavy atom. The van der Waals surface area contributed by atoms with E-state index in [2.05, 4.69) is 20.5 Å². The number of hydrogen-bond acceptors (Lipinski definition) is 4. The minimum absolute atomic E-state index is 0.217. The largest absolute Gasteiger partial charge is 0.371 e. The number of aromatic nitrogens is 1. The fraction of sp³-hybridized carbons (Fsp3) is 0.269. The predicted molar refractivity (Wildman–Crippen MR) is 142 cm³/mol. The number of piperidine rings is 1. The van der Waals surface area contributed by atoms with E-state index in [-0.39, 0.29) is 27.2 Å². The second kappa shape index (κ2) is 11.8. The number of carbonyl (C=O) groups excluding carboxylic acids is 2. The molecule has 6 nitrogen and oxygen atoms in total. The third kappa shape index (κ3) is 6.45. The van der Waals surface area contributed by atoms with E-state index in [0.717, 1.165) is 32.4 Å². The van der Waals surface area contributed by atoms with E-state index in [4.69, 9.17) is 34.8 Å². The molecule has 2 N–H and O–H groups in total. The number of benzene rings is 2.